The molecule has 0 spiro atoms. The van der Waals surface area contributed by atoms with E-state index in [1.54, 1.807) is 0 Å². The molecule has 1 aromatic rings. The van der Waals surface area contributed by atoms with Gasteiger partial charge in [0, 0.05) is 13.1 Å². The van der Waals surface area contributed by atoms with Crippen LogP contribution in [0.5, 0.6) is 0 Å². The van der Waals surface area contributed by atoms with Crippen molar-refractivity contribution >= 4 is 28.3 Å². The standard InChI is InChI=1S/C11H18N4OS/c1-15(7-5-3-2-4-6-7)11-8(10(13)16)9(12)14-17-11/h7H,2-6H2,1H3,(H2,12,14)(H2,13,16). The normalized spacial score (nSPS) is 17.0. The average molecular weight is 254 g/mol. The summed E-state index contributed by atoms with van der Waals surface area (Å²) in [7, 11) is 2.00. The van der Waals surface area contributed by atoms with E-state index in [1.165, 1.54) is 30.8 Å². The molecule has 1 amide bonds. The van der Waals surface area contributed by atoms with E-state index in [1.807, 2.05) is 7.05 Å². The molecule has 1 aromatic heterocycles. The first-order valence-corrected chi connectivity index (χ1v) is 6.66. The van der Waals surface area contributed by atoms with Crippen LogP contribution < -0.4 is 16.4 Å². The Morgan fingerprint density at radius 2 is 2.06 bits per heavy atom. The maximum atomic E-state index is 11.4. The summed E-state index contributed by atoms with van der Waals surface area (Å²) in [6.45, 7) is 0. The van der Waals surface area contributed by atoms with Gasteiger partial charge < -0.3 is 16.4 Å². The molecule has 4 N–H and O–H groups in total. The van der Waals surface area contributed by atoms with Crippen molar-refractivity contribution in [3.63, 3.8) is 0 Å². The van der Waals surface area contributed by atoms with Crippen LogP contribution in [-0.2, 0) is 0 Å². The van der Waals surface area contributed by atoms with Gasteiger partial charge in [-0.25, -0.2) is 0 Å². The zero-order valence-corrected chi connectivity index (χ0v) is 10.8. The minimum atomic E-state index is -0.492. The van der Waals surface area contributed by atoms with Gasteiger partial charge in [-0.3, -0.25) is 4.79 Å². The molecule has 5 nitrogen and oxygen atoms in total. The number of hydrogen-bond acceptors (Lipinski definition) is 5. The molecule has 1 aliphatic rings. The molecule has 1 fully saturated rings. The van der Waals surface area contributed by atoms with E-state index in [2.05, 4.69) is 9.27 Å². The van der Waals surface area contributed by atoms with Crippen molar-refractivity contribution < 1.29 is 4.79 Å². The Kier molecular flexibility index (Phi) is 3.51. The number of aromatic nitrogens is 1. The molecule has 2 rings (SSSR count). The van der Waals surface area contributed by atoms with Crippen molar-refractivity contribution in [3.05, 3.63) is 5.56 Å². The zero-order valence-electron chi connectivity index (χ0n) is 9.98. The van der Waals surface area contributed by atoms with Crippen LogP contribution in [-0.4, -0.2) is 23.4 Å². The second-order valence-electron chi connectivity index (χ2n) is 4.51. The highest BCUT2D eigenvalue weighted by Crippen LogP contribution is 2.33. The predicted octanol–water partition coefficient (Wildman–Crippen LogP) is 1.59. The summed E-state index contributed by atoms with van der Waals surface area (Å²) in [6.07, 6.45) is 6.11. The second kappa shape index (κ2) is 4.91. The Balaban J connectivity index is 2.23. The van der Waals surface area contributed by atoms with Crippen LogP contribution >= 0.6 is 11.5 Å². The number of amides is 1. The molecule has 1 heterocycles. The van der Waals surface area contributed by atoms with Gasteiger partial charge in [-0.05, 0) is 24.4 Å². The van der Waals surface area contributed by atoms with E-state index in [-0.39, 0.29) is 5.82 Å². The first kappa shape index (κ1) is 12.2. The largest absolute Gasteiger partial charge is 0.382 e. The smallest absolute Gasteiger partial charge is 0.255 e. The molecule has 94 valence electrons. The quantitative estimate of drug-likeness (QED) is 0.857. The van der Waals surface area contributed by atoms with E-state index in [0.29, 0.717) is 11.6 Å². The Hall–Kier alpha value is -1.30. The summed E-state index contributed by atoms with van der Waals surface area (Å²) in [4.78, 5) is 13.5. The SMILES string of the molecule is CN(c1snc(N)c1C(N)=O)C1CCCCC1. The van der Waals surface area contributed by atoms with Gasteiger partial charge in [0.25, 0.3) is 5.91 Å². The highest BCUT2D eigenvalue weighted by molar-refractivity contribution is 7.11. The van der Waals surface area contributed by atoms with Crippen LogP contribution in [0.3, 0.4) is 0 Å². The maximum Gasteiger partial charge on any atom is 0.255 e. The van der Waals surface area contributed by atoms with E-state index in [9.17, 15) is 4.79 Å². The molecule has 1 saturated carbocycles. The van der Waals surface area contributed by atoms with Crippen molar-refractivity contribution in [1.29, 1.82) is 0 Å². The molecule has 0 saturated heterocycles. The molecular formula is C11H18N4OS. The number of primary amides is 1. The molecule has 0 bridgehead atoms. The van der Waals surface area contributed by atoms with Crippen LogP contribution in [0.25, 0.3) is 0 Å². The third kappa shape index (κ3) is 2.36. The Bertz CT molecular complexity index is 412. The molecule has 1 aliphatic carbocycles. The van der Waals surface area contributed by atoms with Crippen LogP contribution in [0.1, 0.15) is 42.5 Å². The van der Waals surface area contributed by atoms with Crippen LogP contribution in [0, 0.1) is 0 Å². The summed E-state index contributed by atoms with van der Waals surface area (Å²) >= 11 is 1.26. The van der Waals surface area contributed by atoms with Gasteiger partial charge in [0.1, 0.15) is 10.6 Å². The molecule has 6 heteroatoms. The van der Waals surface area contributed by atoms with Crippen molar-refractivity contribution in [3.8, 4) is 0 Å². The van der Waals surface area contributed by atoms with Gasteiger partial charge in [0.15, 0.2) is 5.82 Å². The summed E-state index contributed by atoms with van der Waals surface area (Å²) < 4.78 is 4.03. The molecule has 0 unspecified atom stereocenters. The molecule has 0 aromatic carbocycles. The fourth-order valence-electron chi connectivity index (χ4n) is 2.40. The molecule has 17 heavy (non-hydrogen) atoms. The number of nitrogens with zero attached hydrogens (tertiary/aromatic N) is 2. The predicted molar refractivity (Wildman–Crippen MR) is 70.3 cm³/mol. The lowest BCUT2D eigenvalue weighted by Crippen LogP contribution is -2.34. The Morgan fingerprint density at radius 3 is 2.65 bits per heavy atom. The highest BCUT2D eigenvalue weighted by Gasteiger charge is 2.25. The number of nitrogen functional groups attached to an aromatic ring is 1. The molecular weight excluding hydrogens is 236 g/mol. The summed E-state index contributed by atoms with van der Waals surface area (Å²) in [5.41, 5.74) is 11.4. The Morgan fingerprint density at radius 1 is 1.41 bits per heavy atom. The Labute approximate surface area is 105 Å². The lowest BCUT2D eigenvalue weighted by molar-refractivity contribution is 0.100. The van der Waals surface area contributed by atoms with Crippen LogP contribution in [0.4, 0.5) is 10.8 Å². The van der Waals surface area contributed by atoms with E-state index < -0.39 is 5.91 Å². The number of carbonyl (C=O) groups excluding carboxylic acids is 1. The summed E-state index contributed by atoms with van der Waals surface area (Å²) in [5, 5.41) is 0.807. The van der Waals surface area contributed by atoms with E-state index in [4.69, 9.17) is 11.5 Å². The van der Waals surface area contributed by atoms with Gasteiger partial charge in [-0.1, -0.05) is 19.3 Å². The third-order valence-corrected chi connectivity index (χ3v) is 4.34. The third-order valence-electron chi connectivity index (χ3n) is 3.39. The van der Waals surface area contributed by atoms with Gasteiger partial charge >= 0.3 is 0 Å². The van der Waals surface area contributed by atoms with Gasteiger partial charge in [-0.15, -0.1) is 0 Å². The monoisotopic (exact) mass is 254 g/mol. The van der Waals surface area contributed by atoms with Gasteiger partial charge in [0.05, 0.1) is 0 Å². The second-order valence-corrected chi connectivity index (χ2v) is 5.27. The van der Waals surface area contributed by atoms with Crippen molar-refractivity contribution in [2.75, 3.05) is 17.7 Å². The number of carbonyl (C=O) groups is 1. The average Bonchev–Trinajstić information content (AvgIpc) is 2.71. The first-order valence-electron chi connectivity index (χ1n) is 5.89. The molecule has 0 radical (unpaired) electrons. The number of hydrogen-bond donors (Lipinski definition) is 2. The maximum absolute atomic E-state index is 11.4. The lowest BCUT2D eigenvalue weighted by atomic mass is 9.94. The van der Waals surface area contributed by atoms with Crippen LogP contribution in [0.2, 0.25) is 0 Å². The zero-order chi connectivity index (χ0) is 12.4. The van der Waals surface area contributed by atoms with Crippen molar-refractivity contribution in [2.45, 2.75) is 38.1 Å². The number of rotatable bonds is 3. The summed E-state index contributed by atoms with van der Waals surface area (Å²) in [5.74, 6) is -0.242. The molecule has 0 atom stereocenters. The lowest BCUT2D eigenvalue weighted by Gasteiger charge is -2.32. The van der Waals surface area contributed by atoms with E-state index in [0.717, 1.165) is 17.8 Å². The fraction of sp³-hybridized carbons (Fsp3) is 0.636. The molecule has 0 aliphatic heterocycles. The van der Waals surface area contributed by atoms with Gasteiger partial charge in [0.2, 0.25) is 0 Å². The van der Waals surface area contributed by atoms with Gasteiger partial charge in [-0.2, -0.15) is 4.37 Å². The highest BCUT2D eigenvalue weighted by atomic mass is 32.1. The van der Waals surface area contributed by atoms with Crippen molar-refractivity contribution in [1.82, 2.24) is 4.37 Å². The number of nitrogens with two attached hydrogens (primary N) is 2. The topological polar surface area (TPSA) is 85.2 Å². The fourth-order valence-corrected chi connectivity index (χ4v) is 3.25. The van der Waals surface area contributed by atoms with Crippen LogP contribution in [0.15, 0.2) is 0 Å². The first-order chi connectivity index (χ1) is 8.11. The summed E-state index contributed by atoms with van der Waals surface area (Å²) in [6, 6.07) is 0.474. The van der Waals surface area contributed by atoms with Crippen molar-refractivity contribution in [2.24, 2.45) is 5.73 Å². The van der Waals surface area contributed by atoms with E-state index >= 15 is 0 Å². The minimum absolute atomic E-state index is 0.250. The minimum Gasteiger partial charge on any atom is -0.382 e. The number of anilines is 2.